The van der Waals surface area contributed by atoms with Crippen LogP contribution < -0.4 is 10.6 Å². The molecule has 0 radical (unpaired) electrons. The van der Waals surface area contributed by atoms with Gasteiger partial charge in [-0.15, -0.1) is 0 Å². The molecule has 6 heteroatoms. The van der Waals surface area contributed by atoms with Crippen LogP contribution in [0.1, 0.15) is 56.9 Å². The van der Waals surface area contributed by atoms with E-state index >= 15 is 0 Å². The Morgan fingerprint density at radius 3 is 2.87 bits per heavy atom. The lowest BCUT2D eigenvalue weighted by Crippen LogP contribution is -2.66. The Morgan fingerprint density at radius 2 is 2.22 bits per heavy atom. The van der Waals surface area contributed by atoms with Crippen molar-refractivity contribution in [2.75, 3.05) is 6.61 Å². The average Bonchev–Trinajstić information content (AvgIpc) is 2.98. The van der Waals surface area contributed by atoms with E-state index in [1.54, 1.807) is 0 Å². The molecule has 2 atom stereocenters. The lowest BCUT2D eigenvalue weighted by Gasteiger charge is -2.57. The van der Waals surface area contributed by atoms with Crippen LogP contribution in [0.3, 0.4) is 0 Å². The maximum atomic E-state index is 12.2. The molecule has 128 valence electrons. The van der Waals surface area contributed by atoms with E-state index < -0.39 is 0 Å². The Kier molecular flexibility index (Phi) is 4.90. The van der Waals surface area contributed by atoms with Crippen LogP contribution in [-0.4, -0.2) is 29.8 Å². The molecule has 2 aliphatic carbocycles. The van der Waals surface area contributed by atoms with Crippen LogP contribution in [0.5, 0.6) is 0 Å². The predicted molar refractivity (Wildman–Crippen MR) is 85.9 cm³/mol. The Labute approximate surface area is 137 Å². The van der Waals surface area contributed by atoms with Crippen molar-refractivity contribution in [1.82, 2.24) is 15.6 Å². The molecule has 2 aliphatic rings. The van der Waals surface area contributed by atoms with Gasteiger partial charge in [-0.25, -0.2) is 9.78 Å². The van der Waals surface area contributed by atoms with E-state index in [-0.39, 0.29) is 17.5 Å². The van der Waals surface area contributed by atoms with Crippen molar-refractivity contribution < 1.29 is 13.9 Å². The highest BCUT2D eigenvalue weighted by Gasteiger charge is 2.56. The maximum Gasteiger partial charge on any atom is 0.315 e. The van der Waals surface area contributed by atoms with E-state index in [0.29, 0.717) is 12.6 Å². The van der Waals surface area contributed by atoms with Crippen molar-refractivity contribution in [3.05, 3.63) is 17.8 Å². The van der Waals surface area contributed by atoms with Gasteiger partial charge in [0.05, 0.1) is 12.6 Å². The van der Waals surface area contributed by atoms with Gasteiger partial charge >= 0.3 is 6.03 Å². The summed E-state index contributed by atoms with van der Waals surface area (Å²) < 4.78 is 11.1. The number of ether oxygens (including phenoxy) is 1. The van der Waals surface area contributed by atoms with Gasteiger partial charge in [-0.05, 0) is 33.1 Å². The summed E-state index contributed by atoms with van der Waals surface area (Å²) in [6, 6.07) is 0.0926. The first-order chi connectivity index (χ1) is 11.2. The van der Waals surface area contributed by atoms with Gasteiger partial charge in [0.2, 0.25) is 0 Å². The van der Waals surface area contributed by atoms with Gasteiger partial charge in [0, 0.05) is 18.1 Å². The second kappa shape index (κ2) is 6.91. The molecule has 23 heavy (non-hydrogen) atoms. The lowest BCUT2D eigenvalue weighted by atomic mass is 9.55. The van der Waals surface area contributed by atoms with Gasteiger partial charge in [0.15, 0.2) is 6.39 Å². The number of urea groups is 1. The number of carbonyl (C=O) groups is 1. The fourth-order valence-corrected chi connectivity index (χ4v) is 4.14. The van der Waals surface area contributed by atoms with Gasteiger partial charge in [0.1, 0.15) is 11.5 Å². The molecule has 1 spiro atoms. The molecule has 2 saturated carbocycles. The van der Waals surface area contributed by atoms with E-state index in [0.717, 1.165) is 37.3 Å². The van der Waals surface area contributed by atoms with Crippen molar-refractivity contribution in [3.8, 4) is 0 Å². The number of carbonyl (C=O) groups excluding carboxylic acids is 1. The standard InChI is InChI=1S/C17H27N3O3/c1-3-22-15-9-14(17(15)7-5-4-6-8-17)20-16(21)18-10-13-12(2)23-11-19-13/h11,14-15H,3-10H2,1-2H3,(H2,18,20,21)/t14-,15+/m1/s1. The van der Waals surface area contributed by atoms with E-state index in [2.05, 4.69) is 15.6 Å². The monoisotopic (exact) mass is 321 g/mol. The first-order valence-electron chi connectivity index (χ1n) is 8.70. The molecular weight excluding hydrogens is 294 g/mol. The van der Waals surface area contributed by atoms with E-state index in [4.69, 9.17) is 9.15 Å². The van der Waals surface area contributed by atoms with E-state index in [9.17, 15) is 4.79 Å². The van der Waals surface area contributed by atoms with Gasteiger partial charge in [-0.2, -0.15) is 0 Å². The van der Waals surface area contributed by atoms with E-state index in [1.165, 1.54) is 25.7 Å². The van der Waals surface area contributed by atoms with Crippen molar-refractivity contribution in [3.63, 3.8) is 0 Å². The number of oxazole rings is 1. The summed E-state index contributed by atoms with van der Waals surface area (Å²) in [5.41, 5.74) is 0.920. The van der Waals surface area contributed by atoms with Crippen LogP contribution >= 0.6 is 0 Å². The molecular formula is C17H27N3O3. The quantitative estimate of drug-likeness (QED) is 0.874. The number of amides is 2. The molecule has 0 unspecified atom stereocenters. The first-order valence-corrected chi connectivity index (χ1v) is 8.70. The van der Waals surface area contributed by atoms with Gasteiger partial charge in [-0.3, -0.25) is 0 Å². The molecule has 3 rings (SSSR count). The first kappa shape index (κ1) is 16.3. The number of nitrogens with zero attached hydrogens (tertiary/aromatic N) is 1. The third-order valence-corrected chi connectivity index (χ3v) is 5.50. The average molecular weight is 321 g/mol. The molecule has 1 aromatic heterocycles. The highest BCUT2D eigenvalue weighted by molar-refractivity contribution is 5.74. The minimum Gasteiger partial charge on any atom is -0.448 e. The second-order valence-corrected chi connectivity index (χ2v) is 6.71. The normalized spacial score (nSPS) is 25.8. The lowest BCUT2D eigenvalue weighted by molar-refractivity contribution is -0.146. The Hall–Kier alpha value is -1.56. The Balaban J connectivity index is 1.54. The molecule has 6 nitrogen and oxygen atoms in total. The molecule has 0 bridgehead atoms. The number of aryl methyl sites for hydroxylation is 1. The fourth-order valence-electron chi connectivity index (χ4n) is 4.14. The Bertz CT molecular complexity index is 537. The maximum absolute atomic E-state index is 12.2. The highest BCUT2D eigenvalue weighted by atomic mass is 16.5. The van der Waals surface area contributed by atoms with Crippen molar-refractivity contribution in [2.24, 2.45) is 5.41 Å². The zero-order chi connectivity index (χ0) is 16.3. The third kappa shape index (κ3) is 3.22. The SMILES string of the molecule is CCO[C@H]1C[C@@H](NC(=O)NCc2ncoc2C)C12CCCCC2. The number of hydrogen-bond acceptors (Lipinski definition) is 4. The molecule has 2 N–H and O–H groups in total. The molecule has 0 saturated heterocycles. The Morgan fingerprint density at radius 1 is 1.43 bits per heavy atom. The number of hydrogen-bond donors (Lipinski definition) is 2. The summed E-state index contributed by atoms with van der Waals surface area (Å²) in [5, 5.41) is 6.04. The number of rotatable bonds is 5. The van der Waals surface area contributed by atoms with Crippen LogP contribution in [0.25, 0.3) is 0 Å². The number of nitrogens with one attached hydrogen (secondary N) is 2. The molecule has 1 aromatic rings. The van der Waals surface area contributed by atoms with Crippen LogP contribution in [0.15, 0.2) is 10.8 Å². The third-order valence-electron chi connectivity index (χ3n) is 5.50. The highest BCUT2D eigenvalue weighted by Crippen LogP contribution is 2.53. The molecule has 1 heterocycles. The smallest absolute Gasteiger partial charge is 0.315 e. The van der Waals surface area contributed by atoms with Crippen LogP contribution in [-0.2, 0) is 11.3 Å². The summed E-state index contributed by atoms with van der Waals surface area (Å²) >= 11 is 0. The zero-order valence-corrected chi connectivity index (χ0v) is 14.1. The van der Waals surface area contributed by atoms with E-state index in [1.807, 2.05) is 13.8 Å². The van der Waals surface area contributed by atoms with Gasteiger partial charge in [0.25, 0.3) is 0 Å². The van der Waals surface area contributed by atoms with Gasteiger partial charge in [-0.1, -0.05) is 19.3 Å². The van der Waals surface area contributed by atoms with Crippen molar-refractivity contribution >= 4 is 6.03 Å². The predicted octanol–water partition coefficient (Wildman–Crippen LogP) is 2.91. The van der Waals surface area contributed by atoms with Gasteiger partial charge < -0.3 is 19.8 Å². The van der Waals surface area contributed by atoms with Crippen LogP contribution in [0, 0.1) is 12.3 Å². The topological polar surface area (TPSA) is 76.4 Å². The second-order valence-electron chi connectivity index (χ2n) is 6.71. The summed E-state index contributed by atoms with van der Waals surface area (Å²) in [5.74, 6) is 0.745. The summed E-state index contributed by atoms with van der Waals surface area (Å²) in [6.07, 6.45) is 8.71. The van der Waals surface area contributed by atoms with Crippen LogP contribution in [0.4, 0.5) is 4.79 Å². The zero-order valence-electron chi connectivity index (χ0n) is 14.1. The molecule has 0 aliphatic heterocycles. The van der Waals surface area contributed by atoms with Crippen LogP contribution in [0.2, 0.25) is 0 Å². The number of aromatic nitrogens is 1. The molecule has 0 aromatic carbocycles. The minimum atomic E-state index is -0.128. The summed E-state index contributed by atoms with van der Waals surface area (Å²) in [4.78, 5) is 16.3. The summed E-state index contributed by atoms with van der Waals surface area (Å²) in [6.45, 7) is 5.03. The largest absolute Gasteiger partial charge is 0.448 e. The summed E-state index contributed by atoms with van der Waals surface area (Å²) in [7, 11) is 0. The van der Waals surface area contributed by atoms with Crippen molar-refractivity contribution in [2.45, 2.75) is 71.1 Å². The van der Waals surface area contributed by atoms with Crippen molar-refractivity contribution in [1.29, 1.82) is 0 Å². The molecule has 2 amide bonds. The molecule has 2 fully saturated rings. The minimum absolute atomic E-state index is 0.128. The fraction of sp³-hybridized carbons (Fsp3) is 0.765.